The van der Waals surface area contributed by atoms with Crippen LogP contribution in [0.25, 0.3) is 0 Å². The molecule has 0 N–H and O–H groups in total. The first-order valence-corrected chi connectivity index (χ1v) is 8.26. The number of ether oxygens (including phenoxy) is 3. The van der Waals surface area contributed by atoms with Crippen molar-refractivity contribution in [3.8, 4) is 17.6 Å². The van der Waals surface area contributed by atoms with Crippen LogP contribution in [0.2, 0.25) is 0 Å². The van der Waals surface area contributed by atoms with Crippen molar-refractivity contribution in [1.82, 2.24) is 24.6 Å². The van der Waals surface area contributed by atoms with E-state index in [1.165, 1.54) is 7.11 Å². The van der Waals surface area contributed by atoms with Crippen LogP contribution in [-0.2, 0) is 6.54 Å². The fourth-order valence-electron chi connectivity index (χ4n) is 3.09. The summed E-state index contributed by atoms with van der Waals surface area (Å²) < 4.78 is 18.4. The van der Waals surface area contributed by atoms with Crippen LogP contribution in [0.3, 0.4) is 0 Å². The van der Waals surface area contributed by atoms with Gasteiger partial charge in [0.1, 0.15) is 11.7 Å². The average Bonchev–Trinajstić information content (AvgIpc) is 3.28. The molecule has 2 aliphatic heterocycles. The predicted molar refractivity (Wildman–Crippen MR) is 85.9 cm³/mol. The Kier molecular flexibility index (Phi) is 4.12. The molecule has 2 aliphatic rings. The van der Waals surface area contributed by atoms with Crippen molar-refractivity contribution in [2.75, 3.05) is 26.8 Å². The van der Waals surface area contributed by atoms with Crippen LogP contribution in [0, 0.1) is 0 Å². The van der Waals surface area contributed by atoms with E-state index in [1.54, 1.807) is 28.2 Å². The number of carbonyl (C=O) groups is 1. The minimum Gasteiger partial charge on any atom is -0.477 e. The molecule has 4 heterocycles. The second-order valence-electron chi connectivity index (χ2n) is 5.94. The first kappa shape index (κ1) is 15.7. The largest absolute Gasteiger partial charge is 0.477 e. The van der Waals surface area contributed by atoms with Gasteiger partial charge in [0.15, 0.2) is 0 Å². The maximum Gasteiger partial charge on any atom is 0.278 e. The minimum absolute atomic E-state index is 0.0830. The van der Waals surface area contributed by atoms with Crippen molar-refractivity contribution in [3.05, 3.63) is 24.2 Å². The van der Waals surface area contributed by atoms with Crippen molar-refractivity contribution in [3.63, 3.8) is 0 Å². The highest BCUT2D eigenvalue weighted by Crippen LogP contribution is 2.27. The number of rotatable bonds is 4. The zero-order valence-electron chi connectivity index (χ0n) is 13.9. The van der Waals surface area contributed by atoms with Crippen LogP contribution in [0.5, 0.6) is 17.6 Å². The summed E-state index contributed by atoms with van der Waals surface area (Å²) in [5.74, 6) is 1.17. The molecule has 9 heteroatoms. The second-order valence-corrected chi connectivity index (χ2v) is 5.94. The van der Waals surface area contributed by atoms with Crippen LogP contribution < -0.4 is 14.2 Å². The SMILES string of the molecule is COc1nccnc1O[C@H]1CCN(C(=O)c2cnn3c2OCCC3)C1. The van der Waals surface area contributed by atoms with Gasteiger partial charge in [-0.15, -0.1) is 0 Å². The number of carbonyl (C=O) groups excluding carboxylic acids is 1. The molecular weight excluding hydrogens is 326 g/mol. The van der Waals surface area contributed by atoms with Crippen molar-refractivity contribution in [1.29, 1.82) is 0 Å². The first-order valence-electron chi connectivity index (χ1n) is 8.26. The predicted octanol–water partition coefficient (Wildman–Crippen LogP) is 0.758. The maximum absolute atomic E-state index is 12.8. The molecule has 1 amide bonds. The molecule has 132 valence electrons. The minimum atomic E-state index is -0.151. The molecule has 0 aromatic carbocycles. The van der Waals surface area contributed by atoms with Gasteiger partial charge < -0.3 is 19.1 Å². The Morgan fingerprint density at radius 1 is 1.28 bits per heavy atom. The smallest absolute Gasteiger partial charge is 0.278 e. The van der Waals surface area contributed by atoms with Gasteiger partial charge in [0, 0.05) is 38.3 Å². The van der Waals surface area contributed by atoms with Gasteiger partial charge in [0.25, 0.3) is 17.7 Å². The Balaban J connectivity index is 1.44. The van der Waals surface area contributed by atoms with Crippen LogP contribution >= 0.6 is 0 Å². The number of amides is 1. The van der Waals surface area contributed by atoms with E-state index >= 15 is 0 Å². The van der Waals surface area contributed by atoms with Gasteiger partial charge in [-0.05, 0) is 0 Å². The Hall–Kier alpha value is -2.84. The molecule has 0 aliphatic carbocycles. The molecule has 2 aromatic heterocycles. The van der Waals surface area contributed by atoms with Crippen molar-refractivity contribution >= 4 is 5.91 Å². The molecule has 1 saturated heterocycles. The standard InChI is InChI=1S/C16H19N5O4/c1-23-13-14(18-5-4-17-13)25-11-3-7-20(10-11)15(22)12-9-19-21-6-2-8-24-16(12)21/h4-5,9,11H,2-3,6-8,10H2,1H3/t11-/m0/s1. The van der Waals surface area contributed by atoms with E-state index < -0.39 is 0 Å². The molecule has 0 saturated carbocycles. The molecule has 1 atom stereocenters. The van der Waals surface area contributed by atoms with Crippen molar-refractivity contribution in [2.24, 2.45) is 0 Å². The first-order chi connectivity index (χ1) is 12.3. The van der Waals surface area contributed by atoms with Crippen molar-refractivity contribution < 1.29 is 19.0 Å². The number of hydrogen-bond acceptors (Lipinski definition) is 7. The number of fused-ring (bicyclic) bond motifs is 1. The van der Waals surface area contributed by atoms with E-state index in [9.17, 15) is 4.79 Å². The molecular formula is C16H19N5O4. The quantitative estimate of drug-likeness (QED) is 0.808. The highest BCUT2D eigenvalue weighted by Gasteiger charge is 2.32. The number of aromatic nitrogens is 4. The van der Waals surface area contributed by atoms with E-state index in [0.717, 1.165) is 19.4 Å². The lowest BCUT2D eigenvalue weighted by molar-refractivity contribution is 0.0763. The summed E-state index contributed by atoms with van der Waals surface area (Å²) in [4.78, 5) is 22.7. The van der Waals surface area contributed by atoms with E-state index in [4.69, 9.17) is 14.2 Å². The van der Waals surface area contributed by atoms with E-state index in [-0.39, 0.29) is 12.0 Å². The van der Waals surface area contributed by atoms with Gasteiger partial charge in [-0.1, -0.05) is 0 Å². The maximum atomic E-state index is 12.8. The van der Waals surface area contributed by atoms with Gasteiger partial charge in [-0.3, -0.25) is 4.79 Å². The number of likely N-dealkylation sites (tertiary alicyclic amines) is 1. The van der Waals surface area contributed by atoms with Gasteiger partial charge >= 0.3 is 0 Å². The molecule has 0 unspecified atom stereocenters. The number of nitrogens with zero attached hydrogens (tertiary/aromatic N) is 5. The summed E-state index contributed by atoms with van der Waals surface area (Å²) >= 11 is 0. The molecule has 4 rings (SSSR count). The Morgan fingerprint density at radius 2 is 2.12 bits per heavy atom. The summed E-state index contributed by atoms with van der Waals surface area (Å²) in [6.45, 7) is 2.48. The average molecular weight is 345 g/mol. The molecule has 0 radical (unpaired) electrons. The summed E-state index contributed by atoms with van der Waals surface area (Å²) in [6.07, 6.45) is 6.15. The van der Waals surface area contributed by atoms with Gasteiger partial charge in [-0.2, -0.15) is 5.10 Å². The number of aryl methyl sites for hydroxylation is 1. The van der Waals surface area contributed by atoms with E-state index in [0.29, 0.717) is 42.9 Å². The summed E-state index contributed by atoms with van der Waals surface area (Å²) in [5, 5.41) is 4.24. The Morgan fingerprint density at radius 3 is 2.96 bits per heavy atom. The third-order valence-electron chi connectivity index (χ3n) is 4.31. The zero-order valence-corrected chi connectivity index (χ0v) is 13.9. The molecule has 9 nitrogen and oxygen atoms in total. The molecule has 25 heavy (non-hydrogen) atoms. The lowest BCUT2D eigenvalue weighted by atomic mass is 10.3. The van der Waals surface area contributed by atoms with E-state index in [1.807, 2.05) is 0 Å². The van der Waals surface area contributed by atoms with Gasteiger partial charge in [0.2, 0.25) is 5.88 Å². The summed E-state index contributed by atoms with van der Waals surface area (Å²) in [6, 6.07) is 0. The fraction of sp³-hybridized carbons (Fsp3) is 0.500. The number of methoxy groups -OCH3 is 1. The normalized spacial score (nSPS) is 19.2. The zero-order chi connectivity index (χ0) is 17.2. The molecule has 2 aromatic rings. The van der Waals surface area contributed by atoms with Crippen LogP contribution in [0.4, 0.5) is 0 Å². The Labute approximate surface area is 144 Å². The van der Waals surface area contributed by atoms with Crippen LogP contribution in [-0.4, -0.2) is 63.5 Å². The molecule has 1 fully saturated rings. The van der Waals surface area contributed by atoms with Gasteiger partial charge in [-0.25, -0.2) is 14.6 Å². The molecule has 0 spiro atoms. The summed E-state index contributed by atoms with van der Waals surface area (Å²) in [5.41, 5.74) is 0.512. The third kappa shape index (κ3) is 2.97. The lowest BCUT2D eigenvalue weighted by Gasteiger charge is -2.19. The lowest BCUT2D eigenvalue weighted by Crippen LogP contribution is -2.31. The van der Waals surface area contributed by atoms with Crippen LogP contribution in [0.1, 0.15) is 23.2 Å². The Bertz CT molecular complexity index is 778. The fourth-order valence-corrected chi connectivity index (χ4v) is 3.09. The third-order valence-corrected chi connectivity index (χ3v) is 4.31. The second kappa shape index (κ2) is 6.58. The van der Waals surface area contributed by atoms with Gasteiger partial charge in [0.05, 0.1) is 26.5 Å². The van der Waals surface area contributed by atoms with E-state index in [2.05, 4.69) is 15.1 Å². The van der Waals surface area contributed by atoms with Crippen LogP contribution in [0.15, 0.2) is 18.6 Å². The molecule has 0 bridgehead atoms. The topological polar surface area (TPSA) is 91.6 Å². The number of hydrogen-bond donors (Lipinski definition) is 0. The summed E-state index contributed by atoms with van der Waals surface area (Å²) in [7, 11) is 1.52. The van der Waals surface area contributed by atoms with Crippen molar-refractivity contribution in [2.45, 2.75) is 25.5 Å². The monoisotopic (exact) mass is 345 g/mol. The highest BCUT2D eigenvalue weighted by atomic mass is 16.5. The highest BCUT2D eigenvalue weighted by molar-refractivity contribution is 5.96.